The van der Waals surface area contributed by atoms with Gasteiger partial charge in [-0.1, -0.05) is 18.2 Å². The molecular formula is C23H25F3N4O3. The summed E-state index contributed by atoms with van der Waals surface area (Å²) in [5.41, 5.74) is -1.58. The number of aryl methyl sites for hydroxylation is 1. The zero-order valence-corrected chi connectivity index (χ0v) is 18.4. The lowest BCUT2D eigenvalue weighted by Gasteiger charge is -2.29. The highest BCUT2D eigenvalue weighted by Crippen LogP contribution is 2.45. The van der Waals surface area contributed by atoms with Crippen LogP contribution in [0, 0.1) is 0 Å². The molecule has 1 aliphatic heterocycles. The fourth-order valence-electron chi connectivity index (χ4n) is 4.34. The van der Waals surface area contributed by atoms with Crippen molar-refractivity contribution in [1.29, 1.82) is 0 Å². The van der Waals surface area contributed by atoms with Gasteiger partial charge in [-0.3, -0.25) is 24.0 Å². The zero-order valence-electron chi connectivity index (χ0n) is 18.4. The number of hydrogen-bond acceptors (Lipinski definition) is 4. The van der Waals surface area contributed by atoms with Gasteiger partial charge in [0.25, 0.3) is 0 Å². The number of nitrogens with zero attached hydrogens (tertiary/aromatic N) is 4. The summed E-state index contributed by atoms with van der Waals surface area (Å²) in [4.78, 5) is 41.9. The van der Waals surface area contributed by atoms with E-state index in [1.54, 1.807) is 25.0 Å². The maximum atomic E-state index is 13.5. The van der Waals surface area contributed by atoms with Crippen molar-refractivity contribution in [2.45, 2.75) is 49.7 Å². The molecule has 2 fully saturated rings. The van der Waals surface area contributed by atoms with Gasteiger partial charge in [-0.2, -0.15) is 18.3 Å². The summed E-state index contributed by atoms with van der Waals surface area (Å²) in [5, 5.41) is 4.08. The summed E-state index contributed by atoms with van der Waals surface area (Å²) in [7, 11) is 3.37. The summed E-state index contributed by atoms with van der Waals surface area (Å²) >= 11 is 0. The molecule has 0 N–H and O–H groups in total. The summed E-state index contributed by atoms with van der Waals surface area (Å²) < 4.78 is 41.8. The van der Waals surface area contributed by atoms with Crippen LogP contribution in [0.3, 0.4) is 0 Å². The van der Waals surface area contributed by atoms with Crippen LogP contribution in [0.2, 0.25) is 0 Å². The third kappa shape index (κ3) is 4.51. The third-order valence-corrected chi connectivity index (χ3v) is 6.38. The quantitative estimate of drug-likeness (QED) is 0.593. The molecule has 1 saturated carbocycles. The molecule has 1 aromatic heterocycles. The first-order chi connectivity index (χ1) is 15.5. The van der Waals surface area contributed by atoms with Gasteiger partial charge in [-0.05, 0) is 36.5 Å². The Labute approximate surface area is 189 Å². The molecule has 0 radical (unpaired) electrons. The van der Waals surface area contributed by atoms with Crippen LogP contribution in [0.15, 0.2) is 36.7 Å². The van der Waals surface area contributed by atoms with Crippen molar-refractivity contribution in [3.8, 4) is 0 Å². The molecule has 1 aliphatic carbocycles. The van der Waals surface area contributed by atoms with Crippen LogP contribution in [0.5, 0.6) is 0 Å². The number of carbonyl (C=O) groups excluding carboxylic acids is 3. The second-order valence-electron chi connectivity index (χ2n) is 8.90. The number of likely N-dealkylation sites (N-methyl/N-ethyl adjacent to an activating group) is 1. The molecule has 4 rings (SSSR count). The van der Waals surface area contributed by atoms with Crippen LogP contribution in [-0.2, 0) is 39.4 Å². The molecule has 33 heavy (non-hydrogen) atoms. The van der Waals surface area contributed by atoms with E-state index < -0.39 is 34.9 Å². The Morgan fingerprint density at radius 1 is 1.27 bits per heavy atom. The number of imide groups is 1. The molecule has 1 atom stereocenters. The Balaban J connectivity index is 1.62. The highest BCUT2D eigenvalue weighted by molar-refractivity contribution is 6.11. The maximum absolute atomic E-state index is 13.5. The van der Waals surface area contributed by atoms with E-state index in [1.165, 1.54) is 17.0 Å². The van der Waals surface area contributed by atoms with Crippen molar-refractivity contribution in [3.05, 3.63) is 53.3 Å². The highest BCUT2D eigenvalue weighted by Gasteiger charge is 2.57. The highest BCUT2D eigenvalue weighted by atomic mass is 19.4. The normalized spacial score (nSPS) is 21.1. The second-order valence-corrected chi connectivity index (χ2v) is 8.90. The van der Waals surface area contributed by atoms with Crippen LogP contribution < -0.4 is 0 Å². The summed E-state index contributed by atoms with van der Waals surface area (Å²) in [6.45, 7) is 0.345. The number of hydrogen-bond donors (Lipinski definition) is 0. The standard InChI is InChI=1S/C23H25F3N4O3/c1-28(9-8-15-13-27-29(2)14-15)19(31)11-22(12-20(32)30(21(22)33)18-6-7-18)16-4-3-5-17(10-16)23(24,25)26/h3-5,10,13-14,18H,6-9,11-12H2,1-2H3/t22-/m1/s1. The average molecular weight is 462 g/mol. The Kier molecular flexibility index (Phi) is 5.79. The van der Waals surface area contributed by atoms with Crippen molar-refractivity contribution in [3.63, 3.8) is 0 Å². The number of benzene rings is 1. The number of alkyl halides is 3. The first-order valence-corrected chi connectivity index (χ1v) is 10.8. The van der Waals surface area contributed by atoms with Crippen molar-refractivity contribution in [2.75, 3.05) is 13.6 Å². The van der Waals surface area contributed by atoms with Crippen LogP contribution in [0.1, 0.15) is 42.4 Å². The molecule has 2 heterocycles. The average Bonchev–Trinajstić information content (AvgIpc) is 3.44. The molecular weight excluding hydrogens is 437 g/mol. The van der Waals surface area contributed by atoms with Gasteiger partial charge < -0.3 is 4.90 Å². The minimum absolute atomic E-state index is 0.0489. The van der Waals surface area contributed by atoms with Gasteiger partial charge in [0.05, 0.1) is 17.2 Å². The van der Waals surface area contributed by atoms with Crippen LogP contribution in [0.4, 0.5) is 13.2 Å². The first kappa shape index (κ1) is 23.0. The second kappa shape index (κ2) is 8.31. The van der Waals surface area contributed by atoms with E-state index in [4.69, 9.17) is 0 Å². The van der Waals surface area contributed by atoms with Gasteiger partial charge in [-0.15, -0.1) is 0 Å². The molecule has 10 heteroatoms. The van der Waals surface area contributed by atoms with Crippen molar-refractivity contribution in [1.82, 2.24) is 19.6 Å². The number of rotatable bonds is 7. The van der Waals surface area contributed by atoms with E-state index in [2.05, 4.69) is 5.10 Å². The first-order valence-electron chi connectivity index (χ1n) is 10.8. The Bertz CT molecular complexity index is 1090. The zero-order chi connectivity index (χ0) is 24.0. The Morgan fingerprint density at radius 2 is 2.00 bits per heavy atom. The van der Waals surface area contributed by atoms with Crippen LogP contribution in [-0.4, -0.2) is 56.9 Å². The molecule has 176 valence electrons. The predicted molar refractivity (Wildman–Crippen MR) is 112 cm³/mol. The van der Waals surface area contributed by atoms with Crippen molar-refractivity contribution < 1.29 is 27.6 Å². The predicted octanol–water partition coefficient (Wildman–Crippen LogP) is 2.69. The molecule has 1 aromatic carbocycles. The molecule has 1 saturated heterocycles. The van der Waals surface area contributed by atoms with Gasteiger partial charge in [0.1, 0.15) is 0 Å². The fourth-order valence-corrected chi connectivity index (χ4v) is 4.34. The number of amides is 3. The Hall–Kier alpha value is -3.17. The van der Waals surface area contributed by atoms with Crippen LogP contribution >= 0.6 is 0 Å². The van der Waals surface area contributed by atoms with Gasteiger partial charge >= 0.3 is 6.18 Å². The SMILES string of the molecule is CN(CCc1cnn(C)c1)C(=O)C[C@]1(c2cccc(C(F)(F)F)c2)CC(=O)N(C2CC2)C1=O. The minimum atomic E-state index is -4.61. The van der Waals surface area contributed by atoms with Gasteiger partial charge in [0.2, 0.25) is 17.7 Å². The van der Waals surface area contributed by atoms with E-state index in [0.717, 1.165) is 22.6 Å². The molecule has 2 aromatic rings. The topological polar surface area (TPSA) is 75.5 Å². The van der Waals surface area contributed by atoms with Gasteiger partial charge in [-0.25, -0.2) is 0 Å². The number of halogens is 3. The van der Waals surface area contributed by atoms with Crippen molar-refractivity contribution >= 4 is 17.7 Å². The lowest BCUT2D eigenvalue weighted by atomic mass is 9.75. The lowest BCUT2D eigenvalue weighted by molar-refractivity contribution is -0.143. The minimum Gasteiger partial charge on any atom is -0.345 e. The fraction of sp³-hybridized carbons (Fsp3) is 0.478. The molecule has 0 spiro atoms. The molecule has 0 bridgehead atoms. The monoisotopic (exact) mass is 462 g/mol. The largest absolute Gasteiger partial charge is 0.416 e. The summed E-state index contributed by atoms with van der Waals surface area (Å²) in [5.74, 6) is -1.43. The van der Waals surface area contributed by atoms with Gasteiger partial charge in [0, 0.05) is 45.7 Å². The smallest absolute Gasteiger partial charge is 0.345 e. The van der Waals surface area contributed by atoms with E-state index in [9.17, 15) is 27.6 Å². The molecule has 7 nitrogen and oxygen atoms in total. The lowest BCUT2D eigenvalue weighted by Crippen LogP contribution is -2.43. The number of carbonyl (C=O) groups is 3. The number of likely N-dealkylation sites (tertiary alicyclic amines) is 1. The van der Waals surface area contributed by atoms with E-state index in [-0.39, 0.29) is 24.4 Å². The third-order valence-electron chi connectivity index (χ3n) is 6.38. The van der Waals surface area contributed by atoms with E-state index in [1.807, 2.05) is 6.20 Å². The Morgan fingerprint density at radius 3 is 2.61 bits per heavy atom. The maximum Gasteiger partial charge on any atom is 0.416 e. The summed E-state index contributed by atoms with van der Waals surface area (Å²) in [6, 6.07) is 4.20. The van der Waals surface area contributed by atoms with E-state index in [0.29, 0.717) is 25.8 Å². The molecule has 0 unspecified atom stereocenters. The van der Waals surface area contributed by atoms with Gasteiger partial charge in [0.15, 0.2) is 0 Å². The van der Waals surface area contributed by atoms with Crippen molar-refractivity contribution in [2.24, 2.45) is 7.05 Å². The van der Waals surface area contributed by atoms with Crippen LogP contribution in [0.25, 0.3) is 0 Å². The van der Waals surface area contributed by atoms with E-state index >= 15 is 0 Å². The molecule has 3 amide bonds. The summed E-state index contributed by atoms with van der Waals surface area (Å²) in [6.07, 6.45) is 0.114. The molecule has 2 aliphatic rings. The number of aromatic nitrogens is 2.